The van der Waals surface area contributed by atoms with Crippen molar-refractivity contribution in [2.75, 3.05) is 19.8 Å². The van der Waals surface area contributed by atoms with Gasteiger partial charge in [-0.1, -0.05) is 20.8 Å². The fraction of sp³-hybridized carbons (Fsp3) is 0.900. The van der Waals surface area contributed by atoms with Crippen molar-refractivity contribution in [2.24, 2.45) is 5.92 Å². The standard InChI is InChI=1S/C10H19NO2/c1-4-10(7-11)13-6-5-12-8-9(2)3/h9-10H,4-6,8H2,1-3H3. The minimum Gasteiger partial charge on any atom is -0.379 e. The summed E-state index contributed by atoms with van der Waals surface area (Å²) in [6.07, 6.45) is 0.461. The summed E-state index contributed by atoms with van der Waals surface area (Å²) in [5.74, 6) is 0.554. The fourth-order valence-corrected chi connectivity index (χ4v) is 0.815. The number of hydrogen-bond acceptors (Lipinski definition) is 3. The monoisotopic (exact) mass is 185 g/mol. The normalized spacial score (nSPS) is 12.8. The zero-order valence-electron chi connectivity index (χ0n) is 8.75. The Labute approximate surface area is 80.6 Å². The van der Waals surface area contributed by atoms with Crippen molar-refractivity contribution in [1.29, 1.82) is 5.26 Å². The quantitative estimate of drug-likeness (QED) is 0.569. The van der Waals surface area contributed by atoms with Gasteiger partial charge in [-0.25, -0.2) is 0 Å². The van der Waals surface area contributed by atoms with Crippen molar-refractivity contribution in [3.8, 4) is 6.07 Å². The number of nitrogens with zero attached hydrogens (tertiary/aromatic N) is 1. The molecule has 0 heterocycles. The Morgan fingerprint density at radius 2 is 2.00 bits per heavy atom. The van der Waals surface area contributed by atoms with Crippen LogP contribution in [0.15, 0.2) is 0 Å². The van der Waals surface area contributed by atoms with E-state index in [9.17, 15) is 0 Å². The van der Waals surface area contributed by atoms with Gasteiger partial charge in [-0.05, 0) is 12.3 Å². The van der Waals surface area contributed by atoms with E-state index in [0.717, 1.165) is 13.0 Å². The third-order valence-electron chi connectivity index (χ3n) is 1.51. The highest BCUT2D eigenvalue weighted by Gasteiger charge is 2.02. The van der Waals surface area contributed by atoms with Gasteiger partial charge < -0.3 is 9.47 Å². The molecule has 0 aromatic heterocycles. The van der Waals surface area contributed by atoms with Crippen LogP contribution in [-0.2, 0) is 9.47 Å². The summed E-state index contributed by atoms with van der Waals surface area (Å²) in [5, 5.41) is 8.55. The van der Waals surface area contributed by atoms with Gasteiger partial charge in [0.05, 0.1) is 19.3 Å². The average Bonchev–Trinajstić information content (AvgIpc) is 2.11. The Kier molecular flexibility index (Phi) is 7.66. The molecule has 0 bridgehead atoms. The van der Waals surface area contributed by atoms with Crippen LogP contribution in [0.25, 0.3) is 0 Å². The first-order valence-corrected chi connectivity index (χ1v) is 4.79. The van der Waals surface area contributed by atoms with Gasteiger partial charge in [-0.3, -0.25) is 0 Å². The van der Waals surface area contributed by atoms with E-state index in [1.807, 2.05) is 6.92 Å². The first-order valence-electron chi connectivity index (χ1n) is 4.79. The smallest absolute Gasteiger partial charge is 0.143 e. The molecule has 0 aliphatic heterocycles. The molecule has 0 radical (unpaired) electrons. The lowest BCUT2D eigenvalue weighted by atomic mass is 10.2. The van der Waals surface area contributed by atoms with Gasteiger partial charge in [0.25, 0.3) is 0 Å². The molecule has 0 N–H and O–H groups in total. The number of hydrogen-bond donors (Lipinski definition) is 0. The van der Waals surface area contributed by atoms with E-state index in [1.165, 1.54) is 0 Å². The molecule has 0 saturated carbocycles. The van der Waals surface area contributed by atoms with E-state index in [-0.39, 0.29) is 6.10 Å². The molecule has 0 saturated heterocycles. The van der Waals surface area contributed by atoms with Gasteiger partial charge in [0, 0.05) is 6.61 Å². The molecule has 0 aromatic rings. The van der Waals surface area contributed by atoms with Crippen LogP contribution in [0.1, 0.15) is 27.2 Å². The molecule has 3 nitrogen and oxygen atoms in total. The maximum Gasteiger partial charge on any atom is 0.143 e. The predicted molar refractivity (Wildman–Crippen MR) is 51.3 cm³/mol. The van der Waals surface area contributed by atoms with Crippen molar-refractivity contribution in [3.05, 3.63) is 0 Å². The second kappa shape index (κ2) is 8.03. The van der Waals surface area contributed by atoms with Crippen LogP contribution in [0, 0.1) is 17.2 Å². The SMILES string of the molecule is CCC(C#N)OCCOCC(C)C. The molecular weight excluding hydrogens is 166 g/mol. The highest BCUT2D eigenvalue weighted by atomic mass is 16.5. The molecule has 0 aromatic carbocycles. The van der Waals surface area contributed by atoms with Crippen molar-refractivity contribution >= 4 is 0 Å². The minimum atomic E-state index is -0.275. The number of rotatable bonds is 7. The first-order chi connectivity index (χ1) is 6.20. The second-order valence-electron chi connectivity index (χ2n) is 3.37. The Hall–Kier alpha value is -0.590. The Morgan fingerprint density at radius 1 is 1.31 bits per heavy atom. The minimum absolute atomic E-state index is 0.275. The Morgan fingerprint density at radius 3 is 2.46 bits per heavy atom. The third-order valence-corrected chi connectivity index (χ3v) is 1.51. The summed E-state index contributed by atoms with van der Waals surface area (Å²) < 4.78 is 10.5. The Bertz CT molecular complexity index is 151. The van der Waals surface area contributed by atoms with Crippen LogP contribution < -0.4 is 0 Å². The molecule has 3 heteroatoms. The third kappa shape index (κ3) is 7.76. The van der Waals surface area contributed by atoms with Gasteiger partial charge in [-0.15, -0.1) is 0 Å². The van der Waals surface area contributed by atoms with Crippen LogP contribution in [0.2, 0.25) is 0 Å². The van der Waals surface area contributed by atoms with E-state index >= 15 is 0 Å². The molecular formula is C10H19NO2. The zero-order valence-corrected chi connectivity index (χ0v) is 8.75. The van der Waals surface area contributed by atoms with Crippen LogP contribution in [0.5, 0.6) is 0 Å². The summed E-state index contributed by atoms with van der Waals surface area (Å²) in [6.45, 7) is 7.99. The summed E-state index contributed by atoms with van der Waals surface area (Å²) in [4.78, 5) is 0. The van der Waals surface area contributed by atoms with Gasteiger partial charge in [0.15, 0.2) is 0 Å². The summed E-state index contributed by atoms with van der Waals surface area (Å²) in [6, 6.07) is 2.07. The van der Waals surface area contributed by atoms with Crippen LogP contribution in [-0.4, -0.2) is 25.9 Å². The summed E-state index contributed by atoms with van der Waals surface area (Å²) in [5.41, 5.74) is 0. The summed E-state index contributed by atoms with van der Waals surface area (Å²) in [7, 11) is 0. The lowest BCUT2D eigenvalue weighted by Gasteiger charge is -2.09. The lowest BCUT2D eigenvalue weighted by Crippen LogP contribution is -2.14. The maximum absolute atomic E-state index is 8.55. The van der Waals surface area contributed by atoms with Crippen molar-refractivity contribution in [2.45, 2.75) is 33.3 Å². The van der Waals surface area contributed by atoms with E-state index < -0.39 is 0 Å². The molecule has 0 aliphatic rings. The first kappa shape index (κ1) is 12.4. The van der Waals surface area contributed by atoms with Crippen LogP contribution >= 0.6 is 0 Å². The van der Waals surface area contributed by atoms with Crippen molar-refractivity contribution in [3.63, 3.8) is 0 Å². The molecule has 0 fully saturated rings. The second-order valence-corrected chi connectivity index (χ2v) is 3.37. The van der Waals surface area contributed by atoms with E-state index in [1.54, 1.807) is 0 Å². The van der Waals surface area contributed by atoms with Crippen molar-refractivity contribution < 1.29 is 9.47 Å². The summed E-state index contributed by atoms with van der Waals surface area (Å²) >= 11 is 0. The van der Waals surface area contributed by atoms with E-state index in [2.05, 4.69) is 19.9 Å². The topological polar surface area (TPSA) is 42.2 Å². The van der Waals surface area contributed by atoms with Crippen LogP contribution in [0.4, 0.5) is 0 Å². The molecule has 0 spiro atoms. The number of ether oxygens (including phenoxy) is 2. The lowest BCUT2D eigenvalue weighted by molar-refractivity contribution is 0.0175. The van der Waals surface area contributed by atoms with Gasteiger partial charge in [-0.2, -0.15) is 5.26 Å². The molecule has 1 atom stereocenters. The molecule has 13 heavy (non-hydrogen) atoms. The average molecular weight is 185 g/mol. The van der Waals surface area contributed by atoms with Gasteiger partial charge >= 0.3 is 0 Å². The molecule has 0 amide bonds. The Balaban J connectivity index is 3.21. The van der Waals surface area contributed by atoms with Crippen molar-refractivity contribution in [1.82, 2.24) is 0 Å². The number of nitriles is 1. The van der Waals surface area contributed by atoms with Gasteiger partial charge in [0.1, 0.15) is 6.10 Å². The molecule has 0 rings (SSSR count). The zero-order chi connectivity index (χ0) is 10.1. The highest BCUT2D eigenvalue weighted by molar-refractivity contribution is 4.82. The predicted octanol–water partition coefficient (Wildman–Crippen LogP) is 1.98. The largest absolute Gasteiger partial charge is 0.379 e. The molecule has 1 unspecified atom stereocenters. The van der Waals surface area contributed by atoms with E-state index in [4.69, 9.17) is 14.7 Å². The highest BCUT2D eigenvalue weighted by Crippen LogP contribution is 1.96. The van der Waals surface area contributed by atoms with Crippen LogP contribution in [0.3, 0.4) is 0 Å². The molecule has 0 aliphatic carbocycles. The van der Waals surface area contributed by atoms with Gasteiger partial charge in [0.2, 0.25) is 0 Å². The molecule has 76 valence electrons. The maximum atomic E-state index is 8.55. The van der Waals surface area contributed by atoms with E-state index in [0.29, 0.717) is 19.1 Å². The fourth-order valence-electron chi connectivity index (χ4n) is 0.815.